The molecule has 1 aromatic carbocycles. The first-order chi connectivity index (χ1) is 8.76. The first-order valence-electron chi connectivity index (χ1n) is 5.93. The van der Waals surface area contributed by atoms with Crippen molar-refractivity contribution in [2.45, 2.75) is 17.4 Å². The van der Waals surface area contributed by atoms with E-state index >= 15 is 0 Å². The van der Waals surface area contributed by atoms with Crippen molar-refractivity contribution in [1.82, 2.24) is 5.32 Å². The number of hydrogen-bond acceptors (Lipinski definition) is 4. The van der Waals surface area contributed by atoms with Crippen LogP contribution >= 0.6 is 11.8 Å². The second-order valence-corrected chi connectivity index (χ2v) is 4.98. The van der Waals surface area contributed by atoms with Gasteiger partial charge in [-0.1, -0.05) is 18.2 Å². The number of rotatable bonds is 8. The van der Waals surface area contributed by atoms with E-state index in [2.05, 4.69) is 17.4 Å². The summed E-state index contributed by atoms with van der Waals surface area (Å²) >= 11 is 1.72. The van der Waals surface area contributed by atoms with Gasteiger partial charge in [-0.05, 0) is 12.1 Å². The monoisotopic (exact) mass is 268 g/mol. The van der Waals surface area contributed by atoms with Crippen LogP contribution in [0, 0.1) is 0 Å². The van der Waals surface area contributed by atoms with Gasteiger partial charge < -0.3 is 15.8 Å². The summed E-state index contributed by atoms with van der Waals surface area (Å²) in [5.41, 5.74) is 5.45. The predicted molar refractivity (Wildman–Crippen MR) is 74.6 cm³/mol. The van der Waals surface area contributed by atoms with Gasteiger partial charge in [0.05, 0.1) is 12.5 Å². The number of methoxy groups -OCH3 is 1. The Labute approximate surface area is 112 Å². The second-order valence-electron chi connectivity index (χ2n) is 3.81. The van der Waals surface area contributed by atoms with Gasteiger partial charge in [0, 0.05) is 30.8 Å². The maximum Gasteiger partial charge on any atom is 0.222 e. The van der Waals surface area contributed by atoms with Crippen molar-refractivity contribution in [2.24, 2.45) is 5.73 Å². The van der Waals surface area contributed by atoms with Gasteiger partial charge in [-0.2, -0.15) is 0 Å². The molecule has 1 atom stereocenters. The molecule has 1 unspecified atom stereocenters. The van der Waals surface area contributed by atoms with Crippen molar-refractivity contribution >= 4 is 17.7 Å². The lowest BCUT2D eigenvalue weighted by molar-refractivity contribution is -0.123. The average Bonchev–Trinajstić information content (AvgIpc) is 2.42. The van der Waals surface area contributed by atoms with E-state index in [1.807, 2.05) is 18.2 Å². The summed E-state index contributed by atoms with van der Waals surface area (Å²) in [6.45, 7) is 1.02. The van der Waals surface area contributed by atoms with Crippen LogP contribution in [0.15, 0.2) is 35.2 Å². The lowest BCUT2D eigenvalue weighted by Gasteiger charge is -2.12. The molecule has 0 saturated heterocycles. The largest absolute Gasteiger partial charge is 0.380 e. The summed E-state index contributed by atoms with van der Waals surface area (Å²) < 4.78 is 5.05. The Morgan fingerprint density at radius 3 is 2.78 bits per heavy atom. The molecule has 0 bridgehead atoms. The summed E-state index contributed by atoms with van der Waals surface area (Å²) in [6.07, 6.45) is 0.134. The molecule has 18 heavy (non-hydrogen) atoms. The number of carbonyl (C=O) groups is 1. The molecular weight excluding hydrogens is 248 g/mol. The number of hydrogen-bond donors (Lipinski definition) is 2. The lowest BCUT2D eigenvalue weighted by Crippen LogP contribution is -2.33. The highest BCUT2D eigenvalue weighted by Crippen LogP contribution is 2.15. The molecule has 0 fully saturated rings. The number of carbonyl (C=O) groups excluding carboxylic acids is 1. The first-order valence-corrected chi connectivity index (χ1v) is 6.92. The Morgan fingerprint density at radius 1 is 1.44 bits per heavy atom. The minimum atomic E-state index is -0.188. The SMILES string of the molecule is COC(CN)CC(=O)NCCSc1ccccc1. The zero-order valence-corrected chi connectivity index (χ0v) is 11.4. The van der Waals surface area contributed by atoms with Crippen LogP contribution in [0.1, 0.15) is 6.42 Å². The Bertz CT molecular complexity index is 342. The number of amides is 1. The number of thioether (sulfide) groups is 1. The molecule has 0 heterocycles. The van der Waals surface area contributed by atoms with Gasteiger partial charge >= 0.3 is 0 Å². The minimum absolute atomic E-state index is 0.0130. The van der Waals surface area contributed by atoms with Crippen LogP contribution in [0.25, 0.3) is 0 Å². The van der Waals surface area contributed by atoms with Gasteiger partial charge in [0.25, 0.3) is 0 Å². The third kappa shape index (κ3) is 6.05. The second kappa shape index (κ2) is 8.97. The van der Waals surface area contributed by atoms with E-state index in [9.17, 15) is 4.79 Å². The highest BCUT2D eigenvalue weighted by Gasteiger charge is 2.10. The number of ether oxygens (including phenoxy) is 1. The summed E-state index contributed by atoms with van der Waals surface area (Å²) in [7, 11) is 1.57. The molecule has 1 rings (SSSR count). The molecule has 0 aromatic heterocycles. The highest BCUT2D eigenvalue weighted by atomic mass is 32.2. The van der Waals surface area contributed by atoms with E-state index in [0.717, 1.165) is 5.75 Å². The van der Waals surface area contributed by atoms with Crippen LogP contribution in [0.4, 0.5) is 0 Å². The van der Waals surface area contributed by atoms with Crippen LogP contribution in [0.5, 0.6) is 0 Å². The van der Waals surface area contributed by atoms with Crippen molar-refractivity contribution < 1.29 is 9.53 Å². The number of benzene rings is 1. The van der Waals surface area contributed by atoms with Crippen molar-refractivity contribution in [3.63, 3.8) is 0 Å². The topological polar surface area (TPSA) is 64.3 Å². The Hall–Kier alpha value is -1.04. The molecular formula is C13H20N2O2S. The van der Waals surface area contributed by atoms with Crippen molar-refractivity contribution in [3.8, 4) is 0 Å². The molecule has 0 aliphatic carbocycles. The maximum absolute atomic E-state index is 11.5. The van der Waals surface area contributed by atoms with Crippen LogP contribution in [0.2, 0.25) is 0 Å². The fourth-order valence-electron chi connectivity index (χ4n) is 1.42. The molecule has 5 heteroatoms. The Kier molecular flexibility index (Phi) is 7.48. The third-order valence-electron chi connectivity index (χ3n) is 2.45. The van der Waals surface area contributed by atoms with Gasteiger partial charge in [0.1, 0.15) is 0 Å². The first kappa shape index (κ1) is 15.0. The van der Waals surface area contributed by atoms with Crippen molar-refractivity contribution in [3.05, 3.63) is 30.3 Å². The average molecular weight is 268 g/mol. The molecule has 0 spiro atoms. The fourth-order valence-corrected chi connectivity index (χ4v) is 2.21. The van der Waals surface area contributed by atoms with Crippen LogP contribution in [-0.2, 0) is 9.53 Å². The van der Waals surface area contributed by atoms with Crippen molar-refractivity contribution in [2.75, 3.05) is 26.0 Å². The molecule has 1 aromatic rings. The van der Waals surface area contributed by atoms with E-state index < -0.39 is 0 Å². The van der Waals surface area contributed by atoms with Crippen LogP contribution in [-0.4, -0.2) is 38.0 Å². The van der Waals surface area contributed by atoms with Crippen LogP contribution < -0.4 is 11.1 Å². The molecule has 0 aliphatic rings. The lowest BCUT2D eigenvalue weighted by atomic mass is 10.2. The van der Waals surface area contributed by atoms with E-state index in [4.69, 9.17) is 10.5 Å². The number of nitrogens with one attached hydrogen (secondary N) is 1. The Morgan fingerprint density at radius 2 is 2.17 bits per heavy atom. The van der Waals surface area contributed by atoms with Gasteiger partial charge in [-0.25, -0.2) is 0 Å². The third-order valence-corrected chi connectivity index (χ3v) is 3.46. The van der Waals surface area contributed by atoms with Gasteiger partial charge in [-0.15, -0.1) is 11.8 Å². The summed E-state index contributed by atoms with van der Waals surface area (Å²) in [5.74, 6) is 0.844. The van der Waals surface area contributed by atoms with Crippen molar-refractivity contribution in [1.29, 1.82) is 0 Å². The highest BCUT2D eigenvalue weighted by molar-refractivity contribution is 7.99. The minimum Gasteiger partial charge on any atom is -0.380 e. The van der Waals surface area contributed by atoms with E-state index in [-0.39, 0.29) is 12.0 Å². The molecule has 100 valence electrons. The van der Waals surface area contributed by atoms with Gasteiger partial charge in [-0.3, -0.25) is 4.79 Å². The summed E-state index contributed by atoms with van der Waals surface area (Å²) in [6, 6.07) is 10.1. The predicted octanol–water partition coefficient (Wildman–Crippen LogP) is 1.26. The molecule has 0 aliphatic heterocycles. The normalized spacial score (nSPS) is 12.1. The molecule has 0 saturated carbocycles. The molecule has 0 radical (unpaired) electrons. The summed E-state index contributed by atoms with van der Waals surface area (Å²) in [5, 5.41) is 2.86. The maximum atomic E-state index is 11.5. The molecule has 1 amide bonds. The molecule has 3 N–H and O–H groups in total. The Balaban J connectivity index is 2.12. The zero-order valence-electron chi connectivity index (χ0n) is 10.6. The van der Waals surface area contributed by atoms with E-state index in [1.165, 1.54) is 4.90 Å². The quantitative estimate of drug-likeness (QED) is 0.550. The van der Waals surface area contributed by atoms with Gasteiger partial charge in [0.2, 0.25) is 5.91 Å². The van der Waals surface area contributed by atoms with E-state index in [0.29, 0.717) is 19.5 Å². The van der Waals surface area contributed by atoms with Gasteiger partial charge in [0.15, 0.2) is 0 Å². The summed E-state index contributed by atoms with van der Waals surface area (Å²) in [4.78, 5) is 12.7. The zero-order chi connectivity index (χ0) is 13.2. The van der Waals surface area contributed by atoms with Crippen LogP contribution in [0.3, 0.4) is 0 Å². The van der Waals surface area contributed by atoms with E-state index in [1.54, 1.807) is 18.9 Å². The number of nitrogens with two attached hydrogens (primary N) is 1. The standard InChI is InChI=1S/C13H20N2O2S/c1-17-11(10-14)9-13(16)15-7-8-18-12-5-3-2-4-6-12/h2-6,11H,7-10,14H2,1H3,(H,15,16). The molecule has 4 nitrogen and oxygen atoms in total. The smallest absolute Gasteiger partial charge is 0.222 e. The fraction of sp³-hybridized carbons (Fsp3) is 0.462.